The molecule has 0 unspecified atom stereocenters. The largest absolute Gasteiger partial charge is 0.360 e. The highest BCUT2D eigenvalue weighted by molar-refractivity contribution is 6.33. The molecule has 2 aromatic carbocycles. The van der Waals surface area contributed by atoms with Crippen molar-refractivity contribution >= 4 is 34.6 Å². The van der Waals surface area contributed by atoms with Gasteiger partial charge in [-0.25, -0.2) is 0 Å². The van der Waals surface area contributed by atoms with E-state index in [1.165, 1.54) is 6.92 Å². The highest BCUT2D eigenvalue weighted by atomic mass is 35.5. The van der Waals surface area contributed by atoms with Crippen molar-refractivity contribution in [3.05, 3.63) is 79.0 Å². The molecule has 148 valence electrons. The van der Waals surface area contributed by atoms with Crippen molar-refractivity contribution in [2.24, 2.45) is 0 Å². The maximum Gasteiger partial charge on any atom is 0.300 e. The van der Waals surface area contributed by atoms with E-state index in [-0.39, 0.29) is 22.7 Å². The van der Waals surface area contributed by atoms with E-state index in [9.17, 15) is 25.0 Å². The van der Waals surface area contributed by atoms with Crippen LogP contribution in [0.4, 0.5) is 17.1 Å². The van der Waals surface area contributed by atoms with Crippen LogP contribution in [-0.2, 0) is 0 Å². The van der Waals surface area contributed by atoms with Crippen molar-refractivity contribution in [2.75, 3.05) is 5.43 Å². The summed E-state index contributed by atoms with van der Waals surface area (Å²) in [6.45, 7) is 1.52. The molecule has 1 heterocycles. The van der Waals surface area contributed by atoms with Gasteiger partial charge in [0.05, 0.1) is 20.9 Å². The standard InChI is InChI=1S/C17H12ClN5O6/c1-9-15(16(21-29-9)11-4-2-3-5-12(11)18)17(24)20-19-13-7-6-10(22(25)26)8-14(13)23(27)28/h2-8,19H,1H3,(H,20,24). The lowest BCUT2D eigenvalue weighted by Gasteiger charge is -2.09. The average Bonchev–Trinajstić information content (AvgIpc) is 3.07. The summed E-state index contributed by atoms with van der Waals surface area (Å²) in [4.78, 5) is 33.1. The molecule has 0 aliphatic carbocycles. The number of aryl methyl sites for hydroxylation is 1. The highest BCUT2D eigenvalue weighted by Gasteiger charge is 2.24. The van der Waals surface area contributed by atoms with Crippen molar-refractivity contribution in [1.29, 1.82) is 0 Å². The van der Waals surface area contributed by atoms with E-state index in [0.29, 0.717) is 10.6 Å². The molecule has 12 heteroatoms. The van der Waals surface area contributed by atoms with Gasteiger partial charge in [-0.05, 0) is 19.1 Å². The zero-order valence-electron chi connectivity index (χ0n) is 14.7. The fraction of sp³-hybridized carbons (Fsp3) is 0.0588. The monoisotopic (exact) mass is 417 g/mol. The molecule has 0 aliphatic rings. The Bertz CT molecular complexity index is 1130. The minimum atomic E-state index is -0.804. The molecular formula is C17H12ClN5O6. The third-order valence-corrected chi connectivity index (χ3v) is 4.25. The smallest absolute Gasteiger partial charge is 0.300 e. The number of nitro benzene ring substituents is 2. The Hall–Kier alpha value is -3.99. The van der Waals surface area contributed by atoms with Crippen LogP contribution >= 0.6 is 11.6 Å². The van der Waals surface area contributed by atoms with Gasteiger partial charge in [-0.15, -0.1) is 0 Å². The van der Waals surface area contributed by atoms with E-state index in [2.05, 4.69) is 16.0 Å². The van der Waals surface area contributed by atoms with E-state index in [1.54, 1.807) is 24.3 Å². The number of rotatable bonds is 6. The van der Waals surface area contributed by atoms with E-state index < -0.39 is 27.1 Å². The van der Waals surface area contributed by atoms with Gasteiger partial charge >= 0.3 is 5.69 Å². The van der Waals surface area contributed by atoms with Crippen LogP contribution in [0.1, 0.15) is 16.1 Å². The number of nitrogens with one attached hydrogen (secondary N) is 2. The van der Waals surface area contributed by atoms with E-state index in [0.717, 1.165) is 18.2 Å². The fourth-order valence-electron chi connectivity index (χ4n) is 2.55. The SMILES string of the molecule is Cc1onc(-c2ccccc2Cl)c1C(=O)NNc1ccc([N+](=O)[O-])cc1[N+](=O)[O-]. The van der Waals surface area contributed by atoms with Gasteiger partial charge in [0.2, 0.25) is 0 Å². The molecule has 0 fully saturated rings. The Kier molecular flexibility index (Phi) is 5.41. The molecule has 1 amide bonds. The Morgan fingerprint density at radius 2 is 1.86 bits per heavy atom. The van der Waals surface area contributed by atoms with Gasteiger partial charge in [0.15, 0.2) is 0 Å². The normalized spacial score (nSPS) is 10.4. The molecule has 0 radical (unpaired) electrons. The Balaban J connectivity index is 1.88. The van der Waals surface area contributed by atoms with E-state index in [1.807, 2.05) is 0 Å². The first-order valence-corrected chi connectivity index (χ1v) is 8.37. The maximum absolute atomic E-state index is 12.7. The number of aromatic nitrogens is 1. The molecular weight excluding hydrogens is 406 g/mol. The van der Waals surface area contributed by atoms with Crippen molar-refractivity contribution in [3.8, 4) is 11.3 Å². The minimum absolute atomic E-state index is 0.0789. The third-order valence-electron chi connectivity index (χ3n) is 3.92. The summed E-state index contributed by atoms with van der Waals surface area (Å²) in [5, 5.41) is 26.2. The fourth-order valence-corrected chi connectivity index (χ4v) is 2.78. The van der Waals surface area contributed by atoms with Gasteiger partial charge in [0, 0.05) is 11.6 Å². The van der Waals surface area contributed by atoms with Crippen molar-refractivity contribution in [3.63, 3.8) is 0 Å². The number of amides is 1. The zero-order chi connectivity index (χ0) is 21.1. The lowest BCUT2D eigenvalue weighted by Crippen LogP contribution is -2.30. The topological polar surface area (TPSA) is 153 Å². The van der Waals surface area contributed by atoms with Gasteiger partial charge in [-0.1, -0.05) is 35.0 Å². The first-order chi connectivity index (χ1) is 13.8. The predicted molar refractivity (Wildman–Crippen MR) is 103 cm³/mol. The maximum atomic E-state index is 12.7. The zero-order valence-corrected chi connectivity index (χ0v) is 15.5. The molecule has 0 saturated heterocycles. The number of hydrazine groups is 1. The van der Waals surface area contributed by atoms with E-state index in [4.69, 9.17) is 16.1 Å². The third kappa shape index (κ3) is 3.99. The van der Waals surface area contributed by atoms with Gasteiger partial charge < -0.3 is 4.52 Å². The summed E-state index contributed by atoms with van der Waals surface area (Å²) in [5.41, 5.74) is 4.29. The predicted octanol–water partition coefficient (Wildman–Crippen LogP) is 3.88. The number of non-ortho nitro benzene ring substituents is 1. The van der Waals surface area contributed by atoms with Gasteiger partial charge in [-0.3, -0.25) is 35.9 Å². The number of carbonyl (C=O) groups is 1. The Labute approximate surface area is 167 Å². The van der Waals surface area contributed by atoms with Gasteiger partial charge in [0.1, 0.15) is 22.7 Å². The molecule has 1 aromatic heterocycles. The summed E-state index contributed by atoms with van der Waals surface area (Å²) >= 11 is 6.15. The first kappa shape index (κ1) is 19.8. The summed E-state index contributed by atoms with van der Waals surface area (Å²) in [6.07, 6.45) is 0. The van der Waals surface area contributed by atoms with Gasteiger partial charge in [0.25, 0.3) is 11.6 Å². The molecule has 2 N–H and O–H groups in total. The van der Waals surface area contributed by atoms with Crippen molar-refractivity contribution in [2.45, 2.75) is 6.92 Å². The summed E-state index contributed by atoms with van der Waals surface area (Å²) in [6, 6.07) is 9.69. The molecule has 11 nitrogen and oxygen atoms in total. The second-order valence-corrected chi connectivity index (χ2v) is 6.14. The van der Waals surface area contributed by atoms with Crippen LogP contribution in [0.3, 0.4) is 0 Å². The summed E-state index contributed by atoms with van der Waals surface area (Å²) in [5.74, 6) is -0.483. The van der Waals surface area contributed by atoms with Crippen LogP contribution in [0.15, 0.2) is 47.0 Å². The first-order valence-electron chi connectivity index (χ1n) is 8.00. The second kappa shape index (κ2) is 7.94. The van der Waals surface area contributed by atoms with Crippen LogP contribution in [-0.4, -0.2) is 20.9 Å². The molecule has 0 atom stereocenters. The lowest BCUT2D eigenvalue weighted by molar-refractivity contribution is -0.393. The van der Waals surface area contributed by atoms with Crippen LogP contribution in [0.5, 0.6) is 0 Å². The average molecular weight is 418 g/mol. The molecule has 0 saturated carbocycles. The molecule has 3 rings (SSSR count). The number of halogens is 1. The summed E-state index contributed by atoms with van der Waals surface area (Å²) in [7, 11) is 0. The summed E-state index contributed by atoms with van der Waals surface area (Å²) < 4.78 is 5.10. The Morgan fingerprint density at radius 1 is 1.14 bits per heavy atom. The quantitative estimate of drug-likeness (QED) is 0.452. The number of hydrogen-bond acceptors (Lipinski definition) is 8. The second-order valence-electron chi connectivity index (χ2n) is 5.74. The van der Waals surface area contributed by atoms with Gasteiger partial charge in [-0.2, -0.15) is 0 Å². The lowest BCUT2D eigenvalue weighted by atomic mass is 10.1. The van der Waals surface area contributed by atoms with Crippen molar-refractivity contribution < 1.29 is 19.2 Å². The Morgan fingerprint density at radius 3 is 2.52 bits per heavy atom. The van der Waals surface area contributed by atoms with Crippen molar-refractivity contribution in [1.82, 2.24) is 10.6 Å². The molecule has 3 aromatic rings. The molecule has 0 spiro atoms. The number of nitro groups is 2. The number of benzene rings is 2. The number of carbonyl (C=O) groups excluding carboxylic acids is 1. The molecule has 29 heavy (non-hydrogen) atoms. The number of hydrogen-bond donors (Lipinski definition) is 2. The van der Waals surface area contributed by atoms with Crippen LogP contribution in [0.2, 0.25) is 5.02 Å². The number of anilines is 1. The molecule has 0 aliphatic heterocycles. The van der Waals surface area contributed by atoms with E-state index >= 15 is 0 Å². The number of nitrogens with zero attached hydrogens (tertiary/aromatic N) is 3. The van der Waals surface area contributed by atoms with Crippen LogP contribution in [0.25, 0.3) is 11.3 Å². The molecule has 0 bridgehead atoms. The van der Waals surface area contributed by atoms with Crippen LogP contribution in [0, 0.1) is 27.2 Å². The minimum Gasteiger partial charge on any atom is -0.360 e. The highest BCUT2D eigenvalue weighted by Crippen LogP contribution is 2.31. The van der Waals surface area contributed by atoms with Crippen LogP contribution < -0.4 is 10.9 Å².